The van der Waals surface area contributed by atoms with Crippen molar-refractivity contribution in [1.29, 1.82) is 0 Å². The zero-order valence-corrected chi connectivity index (χ0v) is 14.4. The Bertz CT molecular complexity index is 849. The van der Waals surface area contributed by atoms with E-state index >= 15 is 0 Å². The minimum Gasteiger partial charge on any atom is -0.381 e. The van der Waals surface area contributed by atoms with Crippen LogP contribution in [0.3, 0.4) is 0 Å². The number of amides is 1. The summed E-state index contributed by atoms with van der Waals surface area (Å²) in [6.45, 7) is 0.0303. The van der Waals surface area contributed by atoms with Crippen LogP contribution in [-0.2, 0) is 10.3 Å². The topological polar surface area (TPSA) is 84.6 Å². The minimum atomic E-state index is -1.34. The molecule has 26 heavy (non-hydrogen) atoms. The Labute approximate surface area is 151 Å². The van der Waals surface area contributed by atoms with Crippen molar-refractivity contribution in [3.05, 3.63) is 78.0 Å². The first-order valence-corrected chi connectivity index (χ1v) is 8.19. The lowest BCUT2D eigenvalue weighted by atomic mass is 9.94. The number of nitrogens with one attached hydrogen (secondary N) is 1. The van der Waals surface area contributed by atoms with Gasteiger partial charge in [-0.1, -0.05) is 65.8 Å². The van der Waals surface area contributed by atoms with Crippen molar-refractivity contribution in [3.8, 4) is 11.3 Å². The largest absolute Gasteiger partial charge is 0.381 e. The number of rotatable bonds is 7. The van der Waals surface area contributed by atoms with E-state index in [2.05, 4.69) is 10.5 Å². The maximum atomic E-state index is 12.4. The van der Waals surface area contributed by atoms with E-state index in [0.717, 1.165) is 5.56 Å². The lowest BCUT2D eigenvalue weighted by Gasteiger charge is -2.28. The van der Waals surface area contributed by atoms with Crippen molar-refractivity contribution in [1.82, 2.24) is 10.5 Å². The van der Waals surface area contributed by atoms with E-state index < -0.39 is 11.5 Å². The Morgan fingerprint density at radius 3 is 2.46 bits per heavy atom. The number of carbonyl (C=O) groups excluding carboxylic acids is 1. The van der Waals surface area contributed by atoms with Gasteiger partial charge in [-0.2, -0.15) is 0 Å². The summed E-state index contributed by atoms with van der Waals surface area (Å²) in [5, 5.41) is 17.4. The molecule has 1 unspecified atom stereocenters. The summed E-state index contributed by atoms with van der Waals surface area (Å²) in [6, 6.07) is 20.0. The highest BCUT2D eigenvalue weighted by molar-refractivity contribution is 5.93. The molecule has 0 saturated heterocycles. The van der Waals surface area contributed by atoms with Gasteiger partial charge in [0.1, 0.15) is 5.60 Å². The van der Waals surface area contributed by atoms with Crippen LogP contribution >= 0.6 is 0 Å². The second kappa shape index (κ2) is 7.95. The Balaban J connectivity index is 1.70. The summed E-state index contributed by atoms with van der Waals surface area (Å²) in [6.07, 6.45) is 0. The molecule has 0 bridgehead atoms. The Hall–Kier alpha value is -2.96. The molecule has 0 spiro atoms. The molecule has 0 aliphatic carbocycles. The van der Waals surface area contributed by atoms with Crippen LogP contribution in [0.2, 0.25) is 0 Å². The number of nitrogens with zero attached hydrogens (tertiary/aromatic N) is 1. The van der Waals surface area contributed by atoms with E-state index in [9.17, 15) is 9.90 Å². The van der Waals surface area contributed by atoms with Gasteiger partial charge in [-0.05, 0) is 5.56 Å². The van der Waals surface area contributed by atoms with E-state index in [1.807, 2.05) is 48.5 Å². The first-order chi connectivity index (χ1) is 12.6. The van der Waals surface area contributed by atoms with E-state index in [4.69, 9.17) is 9.26 Å². The quantitative estimate of drug-likeness (QED) is 0.683. The number of aromatic nitrogens is 1. The SMILES string of the molecule is COCC(O)(CNC(=O)c1cc(-c2ccccc2)on1)c1ccccc1. The second-order valence-corrected chi connectivity index (χ2v) is 5.96. The molecule has 0 fully saturated rings. The van der Waals surface area contributed by atoms with Crippen molar-refractivity contribution >= 4 is 5.91 Å². The number of aliphatic hydroxyl groups is 1. The highest BCUT2D eigenvalue weighted by Gasteiger charge is 2.30. The van der Waals surface area contributed by atoms with Crippen molar-refractivity contribution < 1.29 is 19.2 Å². The molecule has 2 aromatic carbocycles. The maximum Gasteiger partial charge on any atom is 0.273 e. The fourth-order valence-electron chi connectivity index (χ4n) is 2.66. The van der Waals surface area contributed by atoms with E-state index in [0.29, 0.717) is 11.3 Å². The number of ether oxygens (including phenoxy) is 1. The Kier molecular flexibility index (Phi) is 5.46. The Morgan fingerprint density at radius 2 is 1.81 bits per heavy atom. The van der Waals surface area contributed by atoms with Crippen LogP contribution in [-0.4, -0.2) is 36.4 Å². The molecular weight excluding hydrogens is 332 g/mol. The molecule has 1 atom stereocenters. The molecule has 134 valence electrons. The van der Waals surface area contributed by atoms with Crippen LogP contribution in [0, 0.1) is 0 Å². The molecule has 3 aromatic rings. The maximum absolute atomic E-state index is 12.4. The van der Waals surface area contributed by atoms with Gasteiger partial charge in [0.15, 0.2) is 11.5 Å². The summed E-state index contributed by atoms with van der Waals surface area (Å²) >= 11 is 0. The van der Waals surface area contributed by atoms with Gasteiger partial charge in [0.2, 0.25) is 0 Å². The van der Waals surface area contributed by atoms with Gasteiger partial charge < -0.3 is 19.7 Å². The number of hydrogen-bond acceptors (Lipinski definition) is 5. The van der Waals surface area contributed by atoms with Gasteiger partial charge in [-0.15, -0.1) is 0 Å². The number of benzene rings is 2. The van der Waals surface area contributed by atoms with E-state index in [1.165, 1.54) is 7.11 Å². The summed E-state index contributed by atoms with van der Waals surface area (Å²) < 4.78 is 10.4. The molecule has 1 aromatic heterocycles. The van der Waals surface area contributed by atoms with Crippen LogP contribution in [0.5, 0.6) is 0 Å². The van der Waals surface area contributed by atoms with Crippen LogP contribution in [0.4, 0.5) is 0 Å². The molecule has 0 aliphatic heterocycles. The molecule has 2 N–H and O–H groups in total. The zero-order valence-electron chi connectivity index (χ0n) is 14.4. The number of hydrogen-bond donors (Lipinski definition) is 2. The lowest BCUT2D eigenvalue weighted by Crippen LogP contribution is -2.44. The molecule has 6 heteroatoms. The van der Waals surface area contributed by atoms with Crippen molar-refractivity contribution in [2.45, 2.75) is 5.60 Å². The molecule has 6 nitrogen and oxygen atoms in total. The molecule has 0 radical (unpaired) electrons. The van der Waals surface area contributed by atoms with Gasteiger partial charge in [-0.25, -0.2) is 0 Å². The van der Waals surface area contributed by atoms with Crippen molar-refractivity contribution in [2.24, 2.45) is 0 Å². The van der Waals surface area contributed by atoms with Crippen molar-refractivity contribution in [3.63, 3.8) is 0 Å². The summed E-state index contributed by atoms with van der Waals surface area (Å²) in [4.78, 5) is 12.4. The first kappa shape index (κ1) is 17.8. The average molecular weight is 352 g/mol. The van der Waals surface area contributed by atoms with Crippen LogP contribution in [0.25, 0.3) is 11.3 Å². The normalized spacial score (nSPS) is 13.2. The predicted octanol–water partition coefficient (Wildman–Crippen LogP) is 2.61. The van der Waals surface area contributed by atoms with E-state index in [1.54, 1.807) is 18.2 Å². The molecule has 3 rings (SSSR count). The molecule has 1 heterocycles. The summed E-state index contributed by atoms with van der Waals surface area (Å²) in [7, 11) is 1.50. The van der Waals surface area contributed by atoms with E-state index in [-0.39, 0.29) is 18.8 Å². The molecule has 0 saturated carbocycles. The highest BCUT2D eigenvalue weighted by Crippen LogP contribution is 2.22. The minimum absolute atomic E-state index is 0.0166. The van der Waals surface area contributed by atoms with Gasteiger partial charge in [0.05, 0.1) is 13.2 Å². The van der Waals surface area contributed by atoms with Gasteiger partial charge in [0, 0.05) is 18.7 Å². The summed E-state index contributed by atoms with van der Waals surface area (Å²) in [5.74, 6) is 0.0763. The third-order valence-electron chi connectivity index (χ3n) is 4.04. The molecule has 0 aliphatic rings. The highest BCUT2D eigenvalue weighted by atomic mass is 16.5. The van der Waals surface area contributed by atoms with Crippen LogP contribution < -0.4 is 5.32 Å². The second-order valence-electron chi connectivity index (χ2n) is 5.96. The third-order valence-corrected chi connectivity index (χ3v) is 4.04. The summed E-state index contributed by atoms with van der Waals surface area (Å²) in [5.41, 5.74) is 0.306. The standard InChI is InChI=1S/C20H20N2O4/c1-25-14-20(24,16-10-6-3-7-11-16)13-21-19(23)17-12-18(26-22-17)15-8-4-2-5-9-15/h2-12,24H,13-14H2,1H3,(H,21,23). The van der Waals surface area contributed by atoms with Gasteiger partial charge in [0.25, 0.3) is 5.91 Å². The molecular formula is C20H20N2O4. The number of carbonyl (C=O) groups is 1. The van der Waals surface area contributed by atoms with Crippen LogP contribution in [0.15, 0.2) is 71.3 Å². The van der Waals surface area contributed by atoms with Gasteiger partial charge in [-0.3, -0.25) is 4.79 Å². The fraction of sp³-hybridized carbons (Fsp3) is 0.200. The smallest absolute Gasteiger partial charge is 0.273 e. The first-order valence-electron chi connectivity index (χ1n) is 8.19. The fourth-order valence-corrected chi connectivity index (χ4v) is 2.66. The molecule has 1 amide bonds. The zero-order chi connectivity index (χ0) is 18.4. The number of methoxy groups -OCH3 is 1. The Morgan fingerprint density at radius 1 is 1.15 bits per heavy atom. The van der Waals surface area contributed by atoms with Crippen LogP contribution in [0.1, 0.15) is 16.1 Å². The monoisotopic (exact) mass is 352 g/mol. The average Bonchev–Trinajstić information content (AvgIpc) is 3.18. The lowest BCUT2D eigenvalue weighted by molar-refractivity contribution is -0.0335. The van der Waals surface area contributed by atoms with Gasteiger partial charge >= 0.3 is 0 Å². The van der Waals surface area contributed by atoms with Crippen molar-refractivity contribution in [2.75, 3.05) is 20.3 Å². The third kappa shape index (κ3) is 3.99. The predicted molar refractivity (Wildman–Crippen MR) is 96.5 cm³/mol.